The molecular weight excluding hydrogens is 311 g/mol. The van der Waals surface area contributed by atoms with Crippen molar-refractivity contribution in [3.8, 4) is 11.5 Å². The van der Waals surface area contributed by atoms with Crippen LogP contribution >= 0.6 is 0 Å². The van der Waals surface area contributed by atoms with E-state index in [0.717, 1.165) is 11.1 Å². The highest BCUT2D eigenvalue weighted by Crippen LogP contribution is 2.34. The molecule has 1 heterocycles. The Hall–Kier alpha value is -2.76. The fraction of sp³-hybridized carbons (Fsp3) is 0.278. The fourth-order valence-corrected chi connectivity index (χ4v) is 2.54. The summed E-state index contributed by atoms with van der Waals surface area (Å²) in [7, 11) is 0. The van der Waals surface area contributed by atoms with E-state index in [0.29, 0.717) is 11.5 Å². The number of amides is 2. The minimum absolute atomic E-state index is 0.195. The van der Waals surface area contributed by atoms with Crippen molar-refractivity contribution >= 4 is 6.03 Å². The van der Waals surface area contributed by atoms with Crippen LogP contribution in [0.1, 0.15) is 37.1 Å². The maximum atomic E-state index is 12.9. The van der Waals surface area contributed by atoms with Crippen molar-refractivity contribution in [2.45, 2.75) is 25.9 Å². The Balaban J connectivity index is 1.58. The number of carbonyl (C=O) groups is 1. The number of hydrogen-bond acceptors (Lipinski definition) is 3. The molecule has 1 aliphatic rings. The van der Waals surface area contributed by atoms with Crippen molar-refractivity contribution < 1.29 is 18.7 Å². The van der Waals surface area contributed by atoms with Crippen molar-refractivity contribution in [3.63, 3.8) is 0 Å². The largest absolute Gasteiger partial charge is 0.454 e. The van der Waals surface area contributed by atoms with Gasteiger partial charge in [-0.15, -0.1) is 0 Å². The Labute approximate surface area is 139 Å². The molecule has 6 heteroatoms. The van der Waals surface area contributed by atoms with Gasteiger partial charge in [-0.1, -0.05) is 18.2 Å². The topological polar surface area (TPSA) is 59.6 Å². The van der Waals surface area contributed by atoms with Crippen LogP contribution in [0.3, 0.4) is 0 Å². The van der Waals surface area contributed by atoms with Gasteiger partial charge in [0, 0.05) is 0 Å². The van der Waals surface area contributed by atoms with E-state index in [4.69, 9.17) is 9.47 Å². The zero-order chi connectivity index (χ0) is 17.1. The summed E-state index contributed by atoms with van der Waals surface area (Å²) in [5.74, 6) is 1.09. The second-order valence-electron chi connectivity index (χ2n) is 5.73. The lowest BCUT2D eigenvalue weighted by Crippen LogP contribution is -2.38. The third kappa shape index (κ3) is 3.59. The highest BCUT2D eigenvalue weighted by atomic mass is 19.1. The normalized spacial score (nSPS) is 14.8. The van der Waals surface area contributed by atoms with Crippen molar-refractivity contribution in [1.29, 1.82) is 0 Å². The molecule has 0 saturated carbocycles. The number of carbonyl (C=O) groups excluding carboxylic acids is 1. The number of urea groups is 1. The Morgan fingerprint density at radius 3 is 2.25 bits per heavy atom. The van der Waals surface area contributed by atoms with E-state index in [1.54, 1.807) is 12.1 Å². The number of fused-ring (bicyclic) bond motifs is 1. The summed E-state index contributed by atoms with van der Waals surface area (Å²) in [5.41, 5.74) is 1.76. The fourth-order valence-electron chi connectivity index (χ4n) is 2.54. The summed E-state index contributed by atoms with van der Waals surface area (Å²) in [5, 5.41) is 5.72. The maximum Gasteiger partial charge on any atom is 0.315 e. The van der Waals surface area contributed by atoms with E-state index >= 15 is 0 Å². The van der Waals surface area contributed by atoms with Gasteiger partial charge in [0.2, 0.25) is 6.79 Å². The average Bonchev–Trinajstić information content (AvgIpc) is 3.02. The molecule has 2 amide bonds. The summed E-state index contributed by atoms with van der Waals surface area (Å²) in [6.45, 7) is 3.95. The van der Waals surface area contributed by atoms with Crippen LogP contribution in [0.15, 0.2) is 42.5 Å². The highest BCUT2D eigenvalue weighted by molar-refractivity contribution is 5.75. The van der Waals surface area contributed by atoms with Crippen LogP contribution in [0.2, 0.25) is 0 Å². The summed E-state index contributed by atoms with van der Waals surface area (Å²) in [6, 6.07) is 10.9. The van der Waals surface area contributed by atoms with Gasteiger partial charge in [0.15, 0.2) is 11.5 Å². The van der Waals surface area contributed by atoms with Crippen LogP contribution in [0, 0.1) is 5.82 Å². The van der Waals surface area contributed by atoms with Gasteiger partial charge in [-0.2, -0.15) is 0 Å². The number of rotatable bonds is 4. The monoisotopic (exact) mass is 330 g/mol. The van der Waals surface area contributed by atoms with Crippen LogP contribution in [0.4, 0.5) is 9.18 Å². The van der Waals surface area contributed by atoms with Gasteiger partial charge in [-0.25, -0.2) is 9.18 Å². The van der Waals surface area contributed by atoms with E-state index in [-0.39, 0.29) is 30.7 Å². The van der Waals surface area contributed by atoms with E-state index in [2.05, 4.69) is 10.6 Å². The minimum Gasteiger partial charge on any atom is -0.454 e. The van der Waals surface area contributed by atoms with Crippen LogP contribution in [-0.2, 0) is 0 Å². The molecule has 24 heavy (non-hydrogen) atoms. The van der Waals surface area contributed by atoms with E-state index in [9.17, 15) is 9.18 Å². The molecule has 0 fully saturated rings. The molecule has 0 aliphatic carbocycles. The van der Waals surface area contributed by atoms with Gasteiger partial charge in [0.25, 0.3) is 0 Å². The van der Waals surface area contributed by atoms with Crippen molar-refractivity contribution in [2.75, 3.05) is 6.79 Å². The second kappa shape index (κ2) is 6.78. The molecule has 2 N–H and O–H groups in total. The van der Waals surface area contributed by atoms with Gasteiger partial charge in [-0.05, 0) is 49.2 Å². The van der Waals surface area contributed by atoms with Crippen molar-refractivity contribution in [1.82, 2.24) is 10.6 Å². The second-order valence-corrected chi connectivity index (χ2v) is 5.73. The summed E-state index contributed by atoms with van der Waals surface area (Å²) < 4.78 is 23.6. The molecule has 2 aromatic carbocycles. The predicted molar refractivity (Wildman–Crippen MR) is 87.5 cm³/mol. The van der Waals surface area contributed by atoms with Gasteiger partial charge in [-0.3, -0.25) is 0 Å². The van der Waals surface area contributed by atoms with Crippen LogP contribution in [0.5, 0.6) is 11.5 Å². The Bertz CT molecular complexity index is 734. The molecule has 0 aromatic heterocycles. The first-order valence-corrected chi connectivity index (χ1v) is 7.75. The molecule has 5 nitrogen and oxygen atoms in total. The Morgan fingerprint density at radius 1 is 0.958 bits per heavy atom. The number of benzene rings is 2. The zero-order valence-corrected chi connectivity index (χ0v) is 13.5. The SMILES string of the molecule is CC(NC(=O)NC(C)c1ccc2c(c1)OCO2)c1ccc(F)cc1. The van der Waals surface area contributed by atoms with Gasteiger partial charge < -0.3 is 20.1 Å². The number of ether oxygens (including phenoxy) is 2. The lowest BCUT2D eigenvalue weighted by molar-refractivity contribution is 0.174. The standard InChI is InChI=1S/C18H19FN2O3/c1-11(13-3-6-15(19)7-4-13)20-18(22)21-12(2)14-5-8-16-17(9-14)24-10-23-16/h3-9,11-12H,10H2,1-2H3,(H2,20,21,22). The third-order valence-corrected chi connectivity index (χ3v) is 3.96. The molecule has 126 valence electrons. The van der Waals surface area contributed by atoms with Gasteiger partial charge in [0.05, 0.1) is 12.1 Å². The van der Waals surface area contributed by atoms with Crippen LogP contribution in [-0.4, -0.2) is 12.8 Å². The van der Waals surface area contributed by atoms with E-state index < -0.39 is 0 Å². The number of halogens is 1. The predicted octanol–water partition coefficient (Wildman–Crippen LogP) is 3.68. The molecule has 2 unspecified atom stereocenters. The number of nitrogens with one attached hydrogen (secondary N) is 2. The quantitative estimate of drug-likeness (QED) is 0.899. The molecule has 0 bridgehead atoms. The summed E-state index contributed by atoms with van der Waals surface area (Å²) in [4.78, 5) is 12.2. The lowest BCUT2D eigenvalue weighted by atomic mass is 10.1. The van der Waals surface area contributed by atoms with Crippen molar-refractivity contribution in [2.24, 2.45) is 0 Å². The minimum atomic E-state index is -0.299. The van der Waals surface area contributed by atoms with Crippen LogP contribution in [0.25, 0.3) is 0 Å². The first kappa shape index (κ1) is 16.1. The Kier molecular flexibility index (Phi) is 4.55. The highest BCUT2D eigenvalue weighted by Gasteiger charge is 2.17. The smallest absolute Gasteiger partial charge is 0.315 e. The number of hydrogen-bond donors (Lipinski definition) is 2. The van der Waals surface area contributed by atoms with E-state index in [1.807, 2.05) is 32.0 Å². The molecule has 0 spiro atoms. The molecule has 2 atom stereocenters. The summed E-state index contributed by atoms with van der Waals surface area (Å²) >= 11 is 0. The van der Waals surface area contributed by atoms with Crippen LogP contribution < -0.4 is 20.1 Å². The molecular formula is C18H19FN2O3. The zero-order valence-electron chi connectivity index (χ0n) is 13.5. The molecule has 3 rings (SSSR count). The molecule has 0 radical (unpaired) electrons. The van der Waals surface area contributed by atoms with Gasteiger partial charge >= 0.3 is 6.03 Å². The molecule has 0 saturated heterocycles. The first-order valence-electron chi connectivity index (χ1n) is 7.75. The Morgan fingerprint density at radius 2 is 1.54 bits per heavy atom. The average molecular weight is 330 g/mol. The first-order chi connectivity index (χ1) is 11.5. The molecule has 2 aromatic rings. The van der Waals surface area contributed by atoms with E-state index in [1.165, 1.54) is 12.1 Å². The summed E-state index contributed by atoms with van der Waals surface area (Å²) in [6.07, 6.45) is 0. The maximum absolute atomic E-state index is 12.9. The molecule has 1 aliphatic heterocycles. The van der Waals surface area contributed by atoms with Gasteiger partial charge in [0.1, 0.15) is 5.82 Å². The van der Waals surface area contributed by atoms with Crippen molar-refractivity contribution in [3.05, 3.63) is 59.4 Å². The lowest BCUT2D eigenvalue weighted by Gasteiger charge is -2.19. The third-order valence-electron chi connectivity index (χ3n) is 3.96.